The zero-order valence-electron chi connectivity index (χ0n) is 9.27. The molecule has 0 bridgehead atoms. The fraction of sp³-hybridized carbons (Fsp3) is 0.417. The Balaban J connectivity index is 2.71. The second-order valence-electron chi connectivity index (χ2n) is 3.54. The van der Waals surface area contributed by atoms with Gasteiger partial charge in [0.25, 0.3) is 0 Å². The Kier molecular flexibility index (Phi) is 4.95. The standard InChI is InChI=1S/C12H16O4/c1-9-4-2-5-10(11(9)12(14)15)8-16-7-3-6-13/h2,4-5,13H,3,6-8H2,1H3,(H,14,15). The summed E-state index contributed by atoms with van der Waals surface area (Å²) in [4.78, 5) is 11.0. The summed E-state index contributed by atoms with van der Waals surface area (Å²) in [7, 11) is 0. The molecular weight excluding hydrogens is 208 g/mol. The molecule has 0 aliphatic heterocycles. The first-order valence-corrected chi connectivity index (χ1v) is 5.17. The highest BCUT2D eigenvalue weighted by atomic mass is 16.5. The minimum Gasteiger partial charge on any atom is -0.478 e. The molecule has 0 aliphatic rings. The van der Waals surface area contributed by atoms with Gasteiger partial charge in [0, 0.05) is 13.2 Å². The number of aliphatic hydroxyl groups is 1. The van der Waals surface area contributed by atoms with Crippen LogP contribution in [0.4, 0.5) is 0 Å². The van der Waals surface area contributed by atoms with Gasteiger partial charge in [-0.3, -0.25) is 0 Å². The normalized spacial score (nSPS) is 10.4. The molecule has 0 aliphatic carbocycles. The van der Waals surface area contributed by atoms with E-state index in [9.17, 15) is 4.79 Å². The first-order valence-electron chi connectivity index (χ1n) is 5.17. The smallest absolute Gasteiger partial charge is 0.336 e. The predicted molar refractivity (Wildman–Crippen MR) is 59.5 cm³/mol. The molecule has 0 aromatic heterocycles. The molecule has 0 saturated heterocycles. The highest BCUT2D eigenvalue weighted by molar-refractivity contribution is 5.91. The van der Waals surface area contributed by atoms with Crippen LogP contribution < -0.4 is 0 Å². The van der Waals surface area contributed by atoms with E-state index in [0.29, 0.717) is 24.2 Å². The number of carbonyl (C=O) groups is 1. The number of aliphatic hydroxyl groups excluding tert-OH is 1. The van der Waals surface area contributed by atoms with Gasteiger partial charge in [-0.15, -0.1) is 0 Å². The Labute approximate surface area is 94.5 Å². The molecule has 0 atom stereocenters. The second-order valence-corrected chi connectivity index (χ2v) is 3.54. The number of carboxylic acids is 1. The Morgan fingerprint density at radius 2 is 2.19 bits per heavy atom. The third-order valence-electron chi connectivity index (χ3n) is 2.28. The van der Waals surface area contributed by atoms with E-state index in [1.807, 2.05) is 6.07 Å². The molecule has 0 fully saturated rings. The summed E-state index contributed by atoms with van der Waals surface area (Å²) in [6, 6.07) is 5.32. The molecule has 4 heteroatoms. The molecule has 0 spiro atoms. The van der Waals surface area contributed by atoms with Crippen molar-refractivity contribution in [2.45, 2.75) is 20.0 Å². The van der Waals surface area contributed by atoms with Crippen LogP contribution in [0, 0.1) is 6.92 Å². The molecular formula is C12H16O4. The van der Waals surface area contributed by atoms with Crippen LogP contribution in [0.1, 0.15) is 27.9 Å². The van der Waals surface area contributed by atoms with E-state index in [1.165, 1.54) is 0 Å². The van der Waals surface area contributed by atoms with Crippen LogP contribution in [-0.4, -0.2) is 29.4 Å². The lowest BCUT2D eigenvalue weighted by molar-refractivity contribution is 0.0683. The van der Waals surface area contributed by atoms with Crippen molar-refractivity contribution in [2.75, 3.05) is 13.2 Å². The summed E-state index contributed by atoms with van der Waals surface area (Å²) in [6.45, 7) is 2.55. The Morgan fingerprint density at radius 3 is 2.81 bits per heavy atom. The molecule has 0 radical (unpaired) electrons. The van der Waals surface area contributed by atoms with Crippen LogP contribution in [0.15, 0.2) is 18.2 Å². The van der Waals surface area contributed by atoms with Crippen molar-refractivity contribution in [1.29, 1.82) is 0 Å². The van der Waals surface area contributed by atoms with Crippen molar-refractivity contribution in [1.82, 2.24) is 0 Å². The monoisotopic (exact) mass is 224 g/mol. The lowest BCUT2D eigenvalue weighted by Gasteiger charge is -2.09. The first kappa shape index (κ1) is 12.7. The van der Waals surface area contributed by atoms with Crippen LogP contribution in [0.3, 0.4) is 0 Å². The number of aryl methyl sites for hydroxylation is 1. The van der Waals surface area contributed by atoms with E-state index < -0.39 is 5.97 Å². The minimum atomic E-state index is -0.932. The van der Waals surface area contributed by atoms with Crippen molar-refractivity contribution < 1.29 is 19.7 Å². The maximum absolute atomic E-state index is 11.0. The van der Waals surface area contributed by atoms with Crippen LogP contribution in [0.5, 0.6) is 0 Å². The summed E-state index contributed by atoms with van der Waals surface area (Å²) < 4.78 is 5.28. The van der Waals surface area contributed by atoms with E-state index in [-0.39, 0.29) is 13.2 Å². The first-order chi connectivity index (χ1) is 7.66. The van der Waals surface area contributed by atoms with Crippen molar-refractivity contribution in [3.63, 3.8) is 0 Å². The number of hydrogen-bond donors (Lipinski definition) is 2. The molecule has 16 heavy (non-hydrogen) atoms. The number of carboxylic acid groups (broad SMARTS) is 1. The molecule has 4 nitrogen and oxygen atoms in total. The van der Waals surface area contributed by atoms with Crippen molar-refractivity contribution in [3.8, 4) is 0 Å². The molecule has 88 valence electrons. The molecule has 1 rings (SSSR count). The number of aromatic carboxylic acids is 1. The maximum Gasteiger partial charge on any atom is 0.336 e. The van der Waals surface area contributed by atoms with Gasteiger partial charge in [-0.1, -0.05) is 18.2 Å². The zero-order chi connectivity index (χ0) is 12.0. The maximum atomic E-state index is 11.0. The van der Waals surface area contributed by atoms with Crippen LogP contribution in [-0.2, 0) is 11.3 Å². The number of rotatable bonds is 6. The summed E-state index contributed by atoms with van der Waals surface area (Å²) in [5, 5.41) is 17.6. The van der Waals surface area contributed by atoms with Gasteiger partial charge in [0.1, 0.15) is 0 Å². The van der Waals surface area contributed by atoms with Crippen molar-refractivity contribution >= 4 is 5.97 Å². The van der Waals surface area contributed by atoms with Gasteiger partial charge < -0.3 is 14.9 Å². The Morgan fingerprint density at radius 1 is 1.44 bits per heavy atom. The third-order valence-corrected chi connectivity index (χ3v) is 2.28. The van der Waals surface area contributed by atoms with E-state index in [4.69, 9.17) is 14.9 Å². The minimum absolute atomic E-state index is 0.0829. The fourth-order valence-corrected chi connectivity index (χ4v) is 1.50. The molecule has 0 amide bonds. The lowest BCUT2D eigenvalue weighted by Crippen LogP contribution is -2.07. The topological polar surface area (TPSA) is 66.8 Å². The van der Waals surface area contributed by atoms with Crippen LogP contribution in [0.2, 0.25) is 0 Å². The molecule has 0 heterocycles. The SMILES string of the molecule is Cc1cccc(COCCCO)c1C(=O)O. The van der Waals surface area contributed by atoms with Gasteiger partial charge in [0.15, 0.2) is 0 Å². The zero-order valence-corrected chi connectivity index (χ0v) is 9.27. The lowest BCUT2D eigenvalue weighted by atomic mass is 10.0. The number of ether oxygens (including phenoxy) is 1. The van der Waals surface area contributed by atoms with Gasteiger partial charge in [0.2, 0.25) is 0 Å². The average Bonchev–Trinajstić information content (AvgIpc) is 2.24. The summed E-state index contributed by atoms with van der Waals surface area (Å²) >= 11 is 0. The predicted octanol–water partition coefficient (Wildman–Crippen LogP) is 1.59. The third kappa shape index (κ3) is 3.32. The van der Waals surface area contributed by atoms with Gasteiger partial charge in [-0.25, -0.2) is 4.79 Å². The van der Waals surface area contributed by atoms with Gasteiger partial charge in [-0.05, 0) is 24.5 Å². The number of hydrogen-bond acceptors (Lipinski definition) is 3. The molecule has 1 aromatic rings. The summed E-state index contributed by atoms with van der Waals surface area (Å²) in [5.41, 5.74) is 1.72. The second kappa shape index (κ2) is 6.25. The fourth-order valence-electron chi connectivity index (χ4n) is 1.50. The van der Waals surface area contributed by atoms with Gasteiger partial charge in [0.05, 0.1) is 12.2 Å². The molecule has 1 aromatic carbocycles. The van der Waals surface area contributed by atoms with Crippen molar-refractivity contribution in [3.05, 3.63) is 34.9 Å². The number of benzene rings is 1. The largest absolute Gasteiger partial charge is 0.478 e. The quantitative estimate of drug-likeness (QED) is 0.720. The highest BCUT2D eigenvalue weighted by Crippen LogP contribution is 2.15. The average molecular weight is 224 g/mol. The van der Waals surface area contributed by atoms with E-state index in [0.717, 1.165) is 5.56 Å². The Bertz CT molecular complexity index is 360. The van der Waals surface area contributed by atoms with E-state index in [1.54, 1.807) is 19.1 Å². The molecule has 2 N–H and O–H groups in total. The molecule has 0 saturated carbocycles. The van der Waals surface area contributed by atoms with Gasteiger partial charge in [-0.2, -0.15) is 0 Å². The van der Waals surface area contributed by atoms with Crippen LogP contribution >= 0.6 is 0 Å². The van der Waals surface area contributed by atoms with E-state index in [2.05, 4.69) is 0 Å². The highest BCUT2D eigenvalue weighted by Gasteiger charge is 2.12. The summed E-state index contributed by atoms with van der Waals surface area (Å²) in [6.07, 6.45) is 0.564. The van der Waals surface area contributed by atoms with Crippen molar-refractivity contribution in [2.24, 2.45) is 0 Å². The molecule has 0 unspecified atom stereocenters. The Hall–Kier alpha value is -1.39. The summed E-state index contributed by atoms with van der Waals surface area (Å²) in [5.74, 6) is -0.932. The van der Waals surface area contributed by atoms with E-state index >= 15 is 0 Å². The van der Waals surface area contributed by atoms with Gasteiger partial charge >= 0.3 is 5.97 Å². The van der Waals surface area contributed by atoms with Crippen LogP contribution in [0.25, 0.3) is 0 Å².